The predicted molar refractivity (Wildman–Crippen MR) is 74.8 cm³/mol. The van der Waals surface area contributed by atoms with Crippen molar-refractivity contribution >= 4 is 28.1 Å². The molecule has 0 unspecified atom stereocenters. The average molecular weight is 254 g/mol. The van der Waals surface area contributed by atoms with Crippen LogP contribution in [0.4, 0.5) is 0 Å². The summed E-state index contributed by atoms with van der Waals surface area (Å²) in [5, 5.41) is 5.19. The number of pyridine rings is 1. The van der Waals surface area contributed by atoms with E-state index in [2.05, 4.69) is 10.1 Å². The number of hydrogen-bond acceptors (Lipinski definition) is 3. The summed E-state index contributed by atoms with van der Waals surface area (Å²) >= 11 is 5.08. The summed E-state index contributed by atoms with van der Waals surface area (Å²) in [6.45, 7) is 0. The predicted octanol–water partition coefficient (Wildman–Crippen LogP) is 2.05. The highest BCUT2D eigenvalue weighted by Crippen LogP contribution is 2.19. The zero-order valence-electron chi connectivity index (χ0n) is 9.45. The van der Waals surface area contributed by atoms with E-state index in [9.17, 15) is 0 Å². The minimum Gasteiger partial charge on any atom is -0.389 e. The second kappa shape index (κ2) is 4.19. The van der Waals surface area contributed by atoms with E-state index in [1.165, 1.54) is 0 Å². The molecule has 1 aromatic carbocycles. The Hall–Kier alpha value is -2.27. The fraction of sp³-hybridized carbons (Fsp3) is 0. The van der Waals surface area contributed by atoms with E-state index < -0.39 is 0 Å². The number of para-hydroxylation sites is 1. The molecule has 0 aliphatic carbocycles. The van der Waals surface area contributed by atoms with Crippen LogP contribution < -0.4 is 5.73 Å². The minimum atomic E-state index is 0.318. The topological polar surface area (TPSA) is 56.7 Å². The molecule has 0 aliphatic rings. The van der Waals surface area contributed by atoms with Crippen molar-refractivity contribution in [3.05, 3.63) is 54.4 Å². The number of fused-ring (bicyclic) bond motifs is 1. The Balaban J connectivity index is 2.34. The third kappa shape index (κ3) is 1.74. The monoisotopic (exact) mass is 254 g/mol. The van der Waals surface area contributed by atoms with Gasteiger partial charge in [0.05, 0.1) is 11.1 Å². The number of nitrogens with two attached hydrogens (primary N) is 1. The lowest BCUT2D eigenvalue weighted by molar-refractivity contribution is 0.850. The van der Waals surface area contributed by atoms with Gasteiger partial charge in [0, 0.05) is 17.8 Å². The van der Waals surface area contributed by atoms with E-state index in [1.807, 2.05) is 42.6 Å². The third-order valence-electron chi connectivity index (χ3n) is 2.69. The van der Waals surface area contributed by atoms with Gasteiger partial charge in [-0.3, -0.25) is 0 Å². The lowest BCUT2D eigenvalue weighted by Crippen LogP contribution is -2.15. The quantitative estimate of drug-likeness (QED) is 0.711. The summed E-state index contributed by atoms with van der Waals surface area (Å²) in [5.41, 5.74) is 7.38. The Labute approximate surface area is 109 Å². The average Bonchev–Trinajstić information content (AvgIpc) is 2.91. The number of nitrogens with zero attached hydrogens (tertiary/aromatic N) is 3. The Morgan fingerprint density at radius 1 is 1.22 bits per heavy atom. The van der Waals surface area contributed by atoms with Gasteiger partial charge in [-0.2, -0.15) is 5.10 Å². The molecule has 2 aromatic heterocycles. The van der Waals surface area contributed by atoms with Crippen LogP contribution in [0.5, 0.6) is 0 Å². The highest BCUT2D eigenvalue weighted by molar-refractivity contribution is 7.80. The molecule has 18 heavy (non-hydrogen) atoms. The van der Waals surface area contributed by atoms with Gasteiger partial charge in [-0.15, -0.1) is 0 Å². The lowest BCUT2D eigenvalue weighted by atomic mass is 10.1. The van der Waals surface area contributed by atoms with Crippen LogP contribution in [0.1, 0.15) is 5.56 Å². The molecule has 0 radical (unpaired) electrons. The van der Waals surface area contributed by atoms with Crippen LogP contribution in [-0.4, -0.2) is 19.8 Å². The van der Waals surface area contributed by atoms with Crippen LogP contribution in [-0.2, 0) is 0 Å². The van der Waals surface area contributed by atoms with Crippen LogP contribution in [0.15, 0.2) is 48.8 Å². The molecule has 4 nitrogen and oxygen atoms in total. The van der Waals surface area contributed by atoms with E-state index in [4.69, 9.17) is 18.0 Å². The second-order valence-corrected chi connectivity index (χ2v) is 4.31. The Bertz CT molecular complexity index is 719. The second-order valence-electron chi connectivity index (χ2n) is 3.87. The molecular formula is C13H10N4S. The zero-order chi connectivity index (χ0) is 12.5. The number of aromatic nitrogens is 3. The van der Waals surface area contributed by atoms with E-state index >= 15 is 0 Å². The maximum atomic E-state index is 5.76. The Kier molecular flexibility index (Phi) is 2.53. The van der Waals surface area contributed by atoms with Crippen molar-refractivity contribution in [2.45, 2.75) is 0 Å². The zero-order valence-corrected chi connectivity index (χ0v) is 10.3. The van der Waals surface area contributed by atoms with Gasteiger partial charge in [-0.1, -0.05) is 30.4 Å². The molecule has 5 heteroatoms. The molecule has 0 saturated heterocycles. The molecule has 3 aromatic rings. The molecule has 0 amide bonds. The van der Waals surface area contributed by atoms with Crippen LogP contribution in [0.25, 0.3) is 16.7 Å². The molecule has 0 bridgehead atoms. The molecule has 0 spiro atoms. The molecule has 88 valence electrons. The van der Waals surface area contributed by atoms with Gasteiger partial charge < -0.3 is 5.73 Å². The molecular weight excluding hydrogens is 244 g/mol. The van der Waals surface area contributed by atoms with Crippen LogP contribution in [0, 0.1) is 0 Å². The SMILES string of the molecule is NC(=S)c1cc2ccccc2nc1-n1cccn1. The van der Waals surface area contributed by atoms with Crippen molar-refractivity contribution in [1.29, 1.82) is 0 Å². The number of thiocarbonyl (C=S) groups is 1. The fourth-order valence-electron chi connectivity index (χ4n) is 1.86. The maximum absolute atomic E-state index is 5.76. The smallest absolute Gasteiger partial charge is 0.164 e. The van der Waals surface area contributed by atoms with Crippen LogP contribution >= 0.6 is 12.2 Å². The van der Waals surface area contributed by atoms with E-state index in [-0.39, 0.29) is 0 Å². The van der Waals surface area contributed by atoms with E-state index in [0.29, 0.717) is 10.8 Å². The summed E-state index contributed by atoms with van der Waals surface area (Å²) in [4.78, 5) is 4.89. The van der Waals surface area contributed by atoms with Gasteiger partial charge in [0.15, 0.2) is 5.82 Å². The third-order valence-corrected chi connectivity index (χ3v) is 2.91. The van der Waals surface area contributed by atoms with Gasteiger partial charge in [-0.25, -0.2) is 9.67 Å². The summed E-state index contributed by atoms with van der Waals surface area (Å²) in [6, 6.07) is 11.6. The van der Waals surface area contributed by atoms with E-state index in [0.717, 1.165) is 16.5 Å². The fourth-order valence-corrected chi connectivity index (χ4v) is 2.01. The molecule has 0 saturated carbocycles. The highest BCUT2D eigenvalue weighted by Gasteiger charge is 2.11. The van der Waals surface area contributed by atoms with Gasteiger partial charge in [0.25, 0.3) is 0 Å². The van der Waals surface area contributed by atoms with Crippen molar-refractivity contribution < 1.29 is 0 Å². The minimum absolute atomic E-state index is 0.318. The Morgan fingerprint density at radius 3 is 2.78 bits per heavy atom. The van der Waals surface area contributed by atoms with Crippen LogP contribution in [0.2, 0.25) is 0 Å². The first-order valence-electron chi connectivity index (χ1n) is 5.45. The Morgan fingerprint density at radius 2 is 2.06 bits per heavy atom. The van der Waals surface area contributed by atoms with Gasteiger partial charge in [-0.05, 0) is 18.2 Å². The molecule has 0 fully saturated rings. The normalized spacial score (nSPS) is 10.7. The summed E-state index contributed by atoms with van der Waals surface area (Å²) < 4.78 is 1.67. The lowest BCUT2D eigenvalue weighted by Gasteiger charge is -2.09. The molecule has 0 atom stereocenters. The molecule has 3 rings (SSSR count). The standard InChI is InChI=1S/C13H10N4S/c14-12(18)10-8-9-4-1-2-5-11(9)16-13(10)17-7-3-6-15-17/h1-8H,(H2,14,18). The van der Waals surface area contributed by atoms with Crippen molar-refractivity contribution in [3.8, 4) is 5.82 Å². The van der Waals surface area contributed by atoms with Crippen molar-refractivity contribution in [1.82, 2.24) is 14.8 Å². The highest BCUT2D eigenvalue weighted by atomic mass is 32.1. The summed E-state index contributed by atoms with van der Waals surface area (Å²) in [7, 11) is 0. The van der Waals surface area contributed by atoms with Gasteiger partial charge in [0.2, 0.25) is 0 Å². The first kappa shape index (κ1) is 10.9. The van der Waals surface area contributed by atoms with Crippen molar-refractivity contribution in [3.63, 3.8) is 0 Å². The van der Waals surface area contributed by atoms with Gasteiger partial charge in [0.1, 0.15) is 4.99 Å². The summed E-state index contributed by atoms with van der Waals surface area (Å²) in [6.07, 6.45) is 3.51. The summed E-state index contributed by atoms with van der Waals surface area (Å²) in [5.74, 6) is 0.659. The van der Waals surface area contributed by atoms with Gasteiger partial charge >= 0.3 is 0 Å². The van der Waals surface area contributed by atoms with Crippen molar-refractivity contribution in [2.24, 2.45) is 5.73 Å². The van der Waals surface area contributed by atoms with Crippen LogP contribution in [0.3, 0.4) is 0 Å². The largest absolute Gasteiger partial charge is 0.389 e. The van der Waals surface area contributed by atoms with E-state index in [1.54, 1.807) is 10.9 Å². The maximum Gasteiger partial charge on any atom is 0.164 e. The molecule has 2 heterocycles. The number of benzene rings is 1. The van der Waals surface area contributed by atoms with Crippen molar-refractivity contribution in [2.75, 3.05) is 0 Å². The molecule has 2 N–H and O–H groups in total. The number of rotatable bonds is 2. The number of hydrogen-bond donors (Lipinski definition) is 1. The first-order chi connectivity index (χ1) is 8.75. The molecule has 0 aliphatic heterocycles. The first-order valence-corrected chi connectivity index (χ1v) is 5.86.